The lowest BCUT2D eigenvalue weighted by Gasteiger charge is -2.29. The highest BCUT2D eigenvalue weighted by Crippen LogP contribution is 2.27. The van der Waals surface area contributed by atoms with Crippen molar-refractivity contribution in [1.29, 1.82) is 0 Å². The third kappa shape index (κ3) is 4.02. The van der Waals surface area contributed by atoms with Crippen LogP contribution in [0.15, 0.2) is 52.2 Å². The van der Waals surface area contributed by atoms with Crippen LogP contribution in [0.25, 0.3) is 10.2 Å². The summed E-state index contributed by atoms with van der Waals surface area (Å²) in [6.45, 7) is 0.881. The fourth-order valence-corrected chi connectivity index (χ4v) is 6.29. The van der Waals surface area contributed by atoms with E-state index in [4.69, 9.17) is 17.3 Å². The summed E-state index contributed by atoms with van der Waals surface area (Å²) in [6.07, 6.45) is 0.837. The van der Waals surface area contributed by atoms with Gasteiger partial charge in [-0.05, 0) is 48.7 Å². The predicted molar refractivity (Wildman–Crippen MR) is 117 cm³/mol. The summed E-state index contributed by atoms with van der Waals surface area (Å²) in [4.78, 5) is 23.8. The fourth-order valence-electron chi connectivity index (χ4n) is 3.66. The van der Waals surface area contributed by atoms with Crippen molar-refractivity contribution in [2.24, 2.45) is 11.7 Å². The summed E-state index contributed by atoms with van der Waals surface area (Å²) in [7, 11) is -3.71. The minimum atomic E-state index is -3.71. The second-order valence-corrected chi connectivity index (χ2v) is 10.7. The molecule has 1 aromatic heterocycles. The molecule has 158 valence electrons. The number of thiazole rings is 1. The van der Waals surface area contributed by atoms with Crippen molar-refractivity contribution in [3.05, 3.63) is 62.7 Å². The molecule has 1 amide bonds. The van der Waals surface area contributed by atoms with Gasteiger partial charge in [0.25, 0.3) is 0 Å². The van der Waals surface area contributed by atoms with E-state index in [1.54, 1.807) is 28.8 Å². The van der Waals surface area contributed by atoms with Gasteiger partial charge in [-0.15, -0.1) is 0 Å². The first-order valence-corrected chi connectivity index (χ1v) is 12.1. The van der Waals surface area contributed by atoms with Crippen LogP contribution in [0.4, 0.5) is 0 Å². The molecular formula is C20H20ClN3O4S2. The number of piperidine rings is 1. The molecule has 0 bridgehead atoms. The summed E-state index contributed by atoms with van der Waals surface area (Å²) >= 11 is 6.94. The Labute approximate surface area is 182 Å². The normalized spacial score (nSPS) is 16.2. The van der Waals surface area contributed by atoms with Crippen molar-refractivity contribution in [2.75, 3.05) is 13.1 Å². The molecule has 1 aliphatic heterocycles. The molecule has 2 aromatic carbocycles. The number of nitrogens with zero attached hydrogens (tertiary/aromatic N) is 2. The minimum Gasteiger partial charge on any atom is -0.369 e. The maximum atomic E-state index is 13.0. The number of halogens is 1. The maximum absolute atomic E-state index is 13.0. The molecule has 0 spiro atoms. The van der Waals surface area contributed by atoms with E-state index in [0.717, 1.165) is 16.9 Å². The van der Waals surface area contributed by atoms with Crippen LogP contribution in [0, 0.1) is 5.92 Å². The van der Waals surface area contributed by atoms with Gasteiger partial charge in [0.2, 0.25) is 15.9 Å². The van der Waals surface area contributed by atoms with Gasteiger partial charge < -0.3 is 5.73 Å². The van der Waals surface area contributed by atoms with E-state index in [1.807, 2.05) is 12.1 Å². The van der Waals surface area contributed by atoms with E-state index in [-0.39, 0.29) is 34.7 Å². The van der Waals surface area contributed by atoms with Crippen molar-refractivity contribution in [3.8, 4) is 0 Å². The number of aromatic nitrogens is 1. The van der Waals surface area contributed by atoms with Gasteiger partial charge in [-0.25, -0.2) is 8.42 Å². The molecule has 2 heterocycles. The molecule has 3 aromatic rings. The van der Waals surface area contributed by atoms with Crippen molar-refractivity contribution >= 4 is 49.1 Å². The van der Waals surface area contributed by atoms with Crippen LogP contribution in [0.1, 0.15) is 18.4 Å². The number of sulfonamides is 1. The number of rotatable bonds is 5. The third-order valence-electron chi connectivity index (χ3n) is 5.39. The summed E-state index contributed by atoms with van der Waals surface area (Å²) in [5.41, 5.74) is 6.94. The lowest BCUT2D eigenvalue weighted by molar-refractivity contribution is -0.122. The number of amides is 1. The number of hydrogen-bond donors (Lipinski definition) is 1. The van der Waals surface area contributed by atoms with Gasteiger partial charge >= 0.3 is 4.87 Å². The Balaban J connectivity index is 1.62. The minimum absolute atomic E-state index is 0.146. The van der Waals surface area contributed by atoms with Gasteiger partial charge in [0.05, 0.1) is 21.7 Å². The van der Waals surface area contributed by atoms with E-state index >= 15 is 0 Å². The number of hydrogen-bond acceptors (Lipinski definition) is 5. The molecule has 0 saturated carbocycles. The van der Waals surface area contributed by atoms with Gasteiger partial charge in [0.1, 0.15) is 0 Å². The second kappa shape index (κ2) is 8.14. The van der Waals surface area contributed by atoms with Crippen LogP contribution in [-0.4, -0.2) is 36.3 Å². The van der Waals surface area contributed by atoms with E-state index < -0.39 is 10.0 Å². The van der Waals surface area contributed by atoms with E-state index in [0.29, 0.717) is 34.6 Å². The largest absolute Gasteiger partial charge is 0.369 e. The zero-order valence-corrected chi connectivity index (χ0v) is 18.3. The van der Waals surface area contributed by atoms with Gasteiger partial charge in [0.15, 0.2) is 0 Å². The molecule has 7 nitrogen and oxygen atoms in total. The van der Waals surface area contributed by atoms with Crippen LogP contribution >= 0.6 is 22.9 Å². The predicted octanol–water partition coefficient (Wildman–Crippen LogP) is 2.65. The molecule has 1 aliphatic rings. The summed E-state index contributed by atoms with van der Waals surface area (Å²) in [5, 5.41) is 0.621. The Morgan fingerprint density at radius 3 is 2.43 bits per heavy atom. The lowest BCUT2D eigenvalue weighted by Crippen LogP contribution is -2.41. The second-order valence-electron chi connectivity index (χ2n) is 7.29. The first kappa shape index (κ1) is 21.0. The molecule has 2 N–H and O–H groups in total. The number of carbonyl (C=O) groups is 1. The standard InChI is InChI=1S/C20H20ClN3O4S2/c21-15-3-1-13(2-4-15)12-24-17-6-5-16(11-18(17)29-20(24)26)30(27,28)23-9-7-14(8-10-23)19(22)25/h1-6,11,14H,7-10,12H2,(H2,22,25). The highest BCUT2D eigenvalue weighted by atomic mass is 35.5. The first-order valence-electron chi connectivity index (χ1n) is 9.43. The molecule has 10 heteroatoms. The molecule has 30 heavy (non-hydrogen) atoms. The number of nitrogens with two attached hydrogens (primary N) is 1. The summed E-state index contributed by atoms with van der Waals surface area (Å²) in [5.74, 6) is -0.675. The quantitative estimate of drug-likeness (QED) is 0.625. The molecule has 0 atom stereocenters. The van der Waals surface area contributed by atoms with Crippen LogP contribution in [0.5, 0.6) is 0 Å². The topological polar surface area (TPSA) is 102 Å². The Hall–Kier alpha value is -2.20. The van der Waals surface area contributed by atoms with Crippen molar-refractivity contribution in [3.63, 3.8) is 0 Å². The maximum Gasteiger partial charge on any atom is 0.308 e. The molecule has 1 saturated heterocycles. The lowest BCUT2D eigenvalue weighted by atomic mass is 9.98. The van der Waals surface area contributed by atoms with Crippen molar-refractivity contribution < 1.29 is 13.2 Å². The smallest absolute Gasteiger partial charge is 0.308 e. The van der Waals surface area contributed by atoms with Gasteiger partial charge in [-0.3, -0.25) is 14.2 Å². The number of fused-ring (bicyclic) bond motifs is 1. The Bertz CT molecular complexity index is 1260. The van der Waals surface area contributed by atoms with Crippen molar-refractivity contribution in [2.45, 2.75) is 24.3 Å². The zero-order valence-electron chi connectivity index (χ0n) is 16.0. The number of carbonyl (C=O) groups excluding carboxylic acids is 1. The zero-order chi connectivity index (χ0) is 21.5. The Kier molecular flexibility index (Phi) is 5.71. The molecule has 0 unspecified atom stereocenters. The molecule has 1 fully saturated rings. The van der Waals surface area contributed by atoms with Gasteiger partial charge in [0, 0.05) is 24.0 Å². The van der Waals surface area contributed by atoms with Crippen molar-refractivity contribution in [1.82, 2.24) is 8.87 Å². The molecule has 4 rings (SSSR count). The average Bonchev–Trinajstić information content (AvgIpc) is 3.04. The van der Waals surface area contributed by atoms with Crippen LogP contribution < -0.4 is 10.6 Å². The summed E-state index contributed by atoms with van der Waals surface area (Å²) in [6, 6.07) is 12.0. The van der Waals surface area contributed by atoms with Gasteiger partial charge in [-0.1, -0.05) is 35.1 Å². The van der Waals surface area contributed by atoms with Crippen LogP contribution in [0.3, 0.4) is 0 Å². The first-order chi connectivity index (χ1) is 14.3. The Morgan fingerprint density at radius 1 is 1.13 bits per heavy atom. The Morgan fingerprint density at radius 2 is 1.80 bits per heavy atom. The number of benzene rings is 2. The van der Waals surface area contributed by atoms with Crippen LogP contribution in [-0.2, 0) is 21.4 Å². The monoisotopic (exact) mass is 465 g/mol. The highest BCUT2D eigenvalue weighted by Gasteiger charge is 2.31. The van der Waals surface area contributed by atoms with E-state index in [9.17, 15) is 18.0 Å². The SMILES string of the molecule is NC(=O)C1CCN(S(=O)(=O)c2ccc3c(c2)sc(=O)n3Cc2ccc(Cl)cc2)CC1. The highest BCUT2D eigenvalue weighted by molar-refractivity contribution is 7.89. The average molecular weight is 466 g/mol. The number of primary amides is 1. The van der Waals surface area contributed by atoms with E-state index in [1.165, 1.54) is 10.4 Å². The van der Waals surface area contributed by atoms with E-state index in [2.05, 4.69) is 0 Å². The molecule has 0 radical (unpaired) electrons. The summed E-state index contributed by atoms with van der Waals surface area (Å²) < 4.78 is 29.7. The molecular weight excluding hydrogens is 446 g/mol. The third-order valence-corrected chi connectivity index (χ3v) is 8.48. The molecule has 0 aliphatic carbocycles. The van der Waals surface area contributed by atoms with Gasteiger partial charge in [-0.2, -0.15) is 4.31 Å². The van der Waals surface area contributed by atoms with Crippen LogP contribution in [0.2, 0.25) is 5.02 Å². The fraction of sp³-hybridized carbons (Fsp3) is 0.300.